The molecule has 0 radical (unpaired) electrons. The van der Waals surface area contributed by atoms with Crippen molar-refractivity contribution in [2.24, 2.45) is 5.92 Å². The first-order chi connectivity index (χ1) is 10.3. The summed E-state index contributed by atoms with van der Waals surface area (Å²) >= 11 is 0. The minimum Gasteiger partial charge on any atom is -0.389 e. The van der Waals surface area contributed by atoms with Crippen LogP contribution in [-0.2, 0) is 11.3 Å². The van der Waals surface area contributed by atoms with Crippen LogP contribution in [0.3, 0.4) is 0 Å². The second-order valence-corrected chi connectivity index (χ2v) is 6.20. The Labute approximate surface area is 128 Å². The van der Waals surface area contributed by atoms with Crippen LogP contribution in [0.4, 0.5) is 0 Å². The Bertz CT molecular complexity index is 382. The molecule has 3 nitrogen and oxygen atoms in total. The van der Waals surface area contributed by atoms with Crippen LogP contribution < -0.4 is 5.32 Å². The number of ether oxygens (including phenoxy) is 1. The van der Waals surface area contributed by atoms with Crippen molar-refractivity contribution in [2.75, 3.05) is 13.2 Å². The van der Waals surface area contributed by atoms with Crippen molar-refractivity contribution in [3.63, 3.8) is 0 Å². The van der Waals surface area contributed by atoms with E-state index in [1.54, 1.807) is 0 Å². The van der Waals surface area contributed by atoms with Crippen molar-refractivity contribution in [2.45, 2.75) is 57.8 Å². The van der Waals surface area contributed by atoms with Crippen LogP contribution in [0.2, 0.25) is 0 Å². The van der Waals surface area contributed by atoms with Crippen LogP contribution in [0.1, 0.15) is 44.6 Å². The molecule has 1 fully saturated rings. The van der Waals surface area contributed by atoms with E-state index in [9.17, 15) is 5.11 Å². The first kappa shape index (κ1) is 16.5. The molecule has 0 heterocycles. The predicted octanol–water partition coefficient (Wildman–Crippen LogP) is 3.12. The average molecular weight is 291 g/mol. The average Bonchev–Trinajstić information content (AvgIpc) is 2.54. The summed E-state index contributed by atoms with van der Waals surface area (Å²) in [6, 6.07) is 10.7. The van der Waals surface area contributed by atoms with Gasteiger partial charge in [0.05, 0.1) is 19.3 Å². The Morgan fingerprint density at radius 3 is 2.86 bits per heavy atom. The molecule has 3 atom stereocenters. The molecule has 1 aromatic carbocycles. The molecule has 0 aliphatic heterocycles. The van der Waals surface area contributed by atoms with Crippen LogP contribution in [0.5, 0.6) is 0 Å². The highest BCUT2D eigenvalue weighted by Crippen LogP contribution is 2.26. The normalized spacial score (nSPS) is 23.9. The second-order valence-electron chi connectivity index (χ2n) is 6.20. The highest BCUT2D eigenvalue weighted by Gasteiger charge is 2.20. The van der Waals surface area contributed by atoms with Crippen molar-refractivity contribution in [1.29, 1.82) is 0 Å². The summed E-state index contributed by atoms with van der Waals surface area (Å²) in [5, 5.41) is 13.5. The smallest absolute Gasteiger partial charge is 0.0897 e. The van der Waals surface area contributed by atoms with E-state index >= 15 is 0 Å². The van der Waals surface area contributed by atoms with Crippen LogP contribution >= 0.6 is 0 Å². The van der Waals surface area contributed by atoms with E-state index in [-0.39, 0.29) is 0 Å². The van der Waals surface area contributed by atoms with Gasteiger partial charge < -0.3 is 15.2 Å². The first-order valence-corrected chi connectivity index (χ1v) is 8.31. The Balaban J connectivity index is 1.58. The first-order valence-electron chi connectivity index (χ1n) is 8.31. The van der Waals surface area contributed by atoms with Crippen molar-refractivity contribution < 1.29 is 9.84 Å². The zero-order valence-electron chi connectivity index (χ0n) is 13.1. The molecule has 1 aromatic rings. The lowest BCUT2D eigenvalue weighted by Crippen LogP contribution is -2.40. The van der Waals surface area contributed by atoms with E-state index in [1.165, 1.54) is 32.1 Å². The topological polar surface area (TPSA) is 41.5 Å². The van der Waals surface area contributed by atoms with Gasteiger partial charge in [-0.05, 0) is 24.3 Å². The number of aliphatic hydroxyl groups excluding tert-OH is 1. The molecular formula is C18H29NO2. The summed E-state index contributed by atoms with van der Waals surface area (Å²) in [5.41, 5.74) is 1.15. The lowest BCUT2D eigenvalue weighted by atomic mass is 9.84. The van der Waals surface area contributed by atoms with Crippen LogP contribution in [0.15, 0.2) is 30.3 Å². The van der Waals surface area contributed by atoms with E-state index in [4.69, 9.17) is 4.74 Å². The molecule has 0 amide bonds. The highest BCUT2D eigenvalue weighted by atomic mass is 16.5. The maximum absolute atomic E-state index is 9.99. The molecule has 1 saturated carbocycles. The number of benzene rings is 1. The maximum Gasteiger partial charge on any atom is 0.0897 e. The summed E-state index contributed by atoms with van der Waals surface area (Å²) in [7, 11) is 0. The molecular weight excluding hydrogens is 262 g/mol. The fourth-order valence-corrected chi connectivity index (χ4v) is 3.10. The van der Waals surface area contributed by atoms with Gasteiger partial charge in [0, 0.05) is 12.6 Å². The number of hydrogen-bond acceptors (Lipinski definition) is 3. The molecule has 21 heavy (non-hydrogen) atoms. The summed E-state index contributed by atoms with van der Waals surface area (Å²) < 4.78 is 5.57. The molecule has 0 saturated heterocycles. The molecule has 0 spiro atoms. The zero-order valence-corrected chi connectivity index (χ0v) is 13.1. The minimum atomic E-state index is -0.421. The minimum absolute atomic E-state index is 0.395. The van der Waals surface area contributed by atoms with Crippen molar-refractivity contribution >= 4 is 0 Å². The number of hydrogen-bond donors (Lipinski definition) is 2. The van der Waals surface area contributed by atoms with Gasteiger partial charge in [-0.15, -0.1) is 0 Å². The van der Waals surface area contributed by atoms with Crippen molar-refractivity contribution in [3.05, 3.63) is 35.9 Å². The van der Waals surface area contributed by atoms with Crippen molar-refractivity contribution in [3.8, 4) is 0 Å². The monoisotopic (exact) mass is 291 g/mol. The number of rotatable bonds is 8. The van der Waals surface area contributed by atoms with Gasteiger partial charge in [0.1, 0.15) is 0 Å². The molecule has 0 aromatic heterocycles. The number of nitrogens with one attached hydrogen (secondary N) is 1. The Kier molecular flexibility index (Phi) is 7.20. The molecule has 1 aliphatic carbocycles. The molecule has 2 N–H and O–H groups in total. The largest absolute Gasteiger partial charge is 0.389 e. The molecule has 0 bridgehead atoms. The summed E-state index contributed by atoms with van der Waals surface area (Å²) in [6.45, 7) is 3.88. The quantitative estimate of drug-likeness (QED) is 0.773. The zero-order chi connectivity index (χ0) is 14.9. The van der Waals surface area contributed by atoms with Gasteiger partial charge >= 0.3 is 0 Å². The van der Waals surface area contributed by atoms with Crippen LogP contribution in [0.25, 0.3) is 0 Å². The maximum atomic E-state index is 9.99. The van der Waals surface area contributed by atoms with E-state index in [0.29, 0.717) is 25.8 Å². The summed E-state index contributed by atoms with van der Waals surface area (Å²) in [5.74, 6) is 0.864. The van der Waals surface area contributed by atoms with E-state index < -0.39 is 6.10 Å². The predicted molar refractivity (Wildman–Crippen MR) is 86.1 cm³/mol. The fraction of sp³-hybridized carbons (Fsp3) is 0.667. The van der Waals surface area contributed by atoms with Gasteiger partial charge in [-0.1, -0.05) is 56.5 Å². The Morgan fingerprint density at radius 1 is 1.29 bits per heavy atom. The third kappa shape index (κ3) is 6.16. The highest BCUT2D eigenvalue weighted by molar-refractivity contribution is 5.13. The second kappa shape index (κ2) is 9.19. The Hall–Kier alpha value is -0.900. The molecule has 2 rings (SSSR count). The molecule has 3 heteroatoms. The van der Waals surface area contributed by atoms with E-state index in [0.717, 1.165) is 11.5 Å². The van der Waals surface area contributed by atoms with Crippen molar-refractivity contribution in [1.82, 2.24) is 5.32 Å². The van der Waals surface area contributed by atoms with Gasteiger partial charge in [-0.3, -0.25) is 0 Å². The SMILES string of the molecule is CCC1CCCC(NCC(O)COCc2ccccc2)C1. The van der Waals surface area contributed by atoms with Gasteiger partial charge in [0.15, 0.2) is 0 Å². The third-order valence-electron chi connectivity index (χ3n) is 4.42. The number of aliphatic hydroxyl groups is 1. The van der Waals surface area contributed by atoms with E-state index in [2.05, 4.69) is 12.2 Å². The van der Waals surface area contributed by atoms with Crippen LogP contribution in [-0.4, -0.2) is 30.4 Å². The van der Waals surface area contributed by atoms with E-state index in [1.807, 2.05) is 30.3 Å². The van der Waals surface area contributed by atoms with Gasteiger partial charge in [-0.25, -0.2) is 0 Å². The van der Waals surface area contributed by atoms with Gasteiger partial charge in [-0.2, -0.15) is 0 Å². The van der Waals surface area contributed by atoms with Crippen LogP contribution in [0, 0.1) is 5.92 Å². The lowest BCUT2D eigenvalue weighted by Gasteiger charge is -2.29. The molecule has 1 aliphatic rings. The summed E-state index contributed by atoms with van der Waals surface area (Å²) in [6.07, 6.45) is 6.05. The molecule has 3 unspecified atom stereocenters. The van der Waals surface area contributed by atoms with Gasteiger partial charge in [0.2, 0.25) is 0 Å². The Morgan fingerprint density at radius 2 is 2.10 bits per heavy atom. The third-order valence-corrected chi connectivity index (χ3v) is 4.42. The fourth-order valence-electron chi connectivity index (χ4n) is 3.10. The summed E-state index contributed by atoms with van der Waals surface area (Å²) in [4.78, 5) is 0. The molecule has 118 valence electrons. The van der Waals surface area contributed by atoms with Gasteiger partial charge in [0.25, 0.3) is 0 Å². The lowest BCUT2D eigenvalue weighted by molar-refractivity contribution is 0.0265. The standard InChI is InChI=1S/C18H29NO2/c1-2-15-9-6-10-17(11-15)19-12-18(20)14-21-13-16-7-4-3-5-8-16/h3-5,7-8,15,17-20H,2,6,9-14H2,1H3.